The summed E-state index contributed by atoms with van der Waals surface area (Å²) in [4.78, 5) is 0. The van der Waals surface area contributed by atoms with Crippen LogP contribution < -0.4 is 5.32 Å². The van der Waals surface area contributed by atoms with E-state index < -0.39 is 0 Å². The Labute approximate surface area is 95.8 Å². The van der Waals surface area contributed by atoms with Gasteiger partial charge in [0.25, 0.3) is 0 Å². The molecular formula is C12H19N3O. The molecule has 4 nitrogen and oxygen atoms in total. The van der Waals surface area contributed by atoms with E-state index >= 15 is 0 Å². The van der Waals surface area contributed by atoms with Crippen LogP contribution in [0, 0.1) is 5.92 Å². The van der Waals surface area contributed by atoms with Gasteiger partial charge in [0.15, 0.2) is 0 Å². The lowest BCUT2D eigenvalue weighted by atomic mass is 9.95. The Morgan fingerprint density at radius 3 is 2.75 bits per heavy atom. The highest BCUT2D eigenvalue weighted by atomic mass is 16.4. The lowest BCUT2D eigenvalue weighted by Gasteiger charge is -2.20. The summed E-state index contributed by atoms with van der Waals surface area (Å²) < 4.78 is 5.77. The number of rotatable bonds is 3. The van der Waals surface area contributed by atoms with E-state index in [1.54, 1.807) is 0 Å². The monoisotopic (exact) mass is 221 g/mol. The fourth-order valence-electron chi connectivity index (χ4n) is 2.31. The van der Waals surface area contributed by atoms with E-state index in [1.165, 1.54) is 25.7 Å². The van der Waals surface area contributed by atoms with Crippen molar-refractivity contribution in [3.8, 4) is 0 Å². The third-order valence-corrected chi connectivity index (χ3v) is 3.91. The van der Waals surface area contributed by atoms with Gasteiger partial charge in [-0.3, -0.25) is 0 Å². The normalized spacial score (nSPS) is 24.6. The van der Waals surface area contributed by atoms with Gasteiger partial charge >= 0.3 is 0 Å². The Morgan fingerprint density at radius 2 is 2.06 bits per heavy atom. The largest absolute Gasteiger partial charge is 0.425 e. The molecule has 1 aliphatic carbocycles. The Hall–Kier alpha value is -0.900. The average Bonchev–Trinajstić information content (AvgIpc) is 2.88. The van der Waals surface area contributed by atoms with Crippen LogP contribution in [0.5, 0.6) is 0 Å². The molecule has 4 heteroatoms. The summed E-state index contributed by atoms with van der Waals surface area (Å²) in [5, 5.41) is 11.7. The van der Waals surface area contributed by atoms with Gasteiger partial charge in [-0.1, -0.05) is 6.92 Å². The third-order valence-electron chi connectivity index (χ3n) is 3.91. The van der Waals surface area contributed by atoms with Crippen molar-refractivity contribution < 1.29 is 4.42 Å². The van der Waals surface area contributed by atoms with Gasteiger partial charge in [-0.05, 0) is 44.7 Å². The first-order valence-electron chi connectivity index (χ1n) is 6.30. The van der Waals surface area contributed by atoms with E-state index in [-0.39, 0.29) is 5.41 Å². The van der Waals surface area contributed by atoms with Gasteiger partial charge in [0, 0.05) is 11.8 Å². The van der Waals surface area contributed by atoms with Crippen LogP contribution in [0.3, 0.4) is 0 Å². The zero-order chi connectivity index (χ0) is 11.0. The van der Waals surface area contributed by atoms with Crippen LogP contribution in [0.1, 0.15) is 44.4 Å². The molecule has 88 valence electrons. The number of aromatic nitrogens is 2. The number of hydrogen-bond acceptors (Lipinski definition) is 4. The first-order valence-corrected chi connectivity index (χ1v) is 6.30. The van der Waals surface area contributed by atoms with Crippen molar-refractivity contribution in [2.45, 2.75) is 44.4 Å². The Balaban J connectivity index is 1.63. The minimum absolute atomic E-state index is 0.208. The molecule has 0 radical (unpaired) electrons. The molecule has 1 aromatic heterocycles. The fourth-order valence-corrected chi connectivity index (χ4v) is 2.31. The van der Waals surface area contributed by atoms with Crippen molar-refractivity contribution in [1.29, 1.82) is 0 Å². The fraction of sp³-hybridized carbons (Fsp3) is 0.833. The number of nitrogens with one attached hydrogen (secondary N) is 1. The van der Waals surface area contributed by atoms with Crippen LogP contribution in [0.15, 0.2) is 4.42 Å². The maximum Gasteiger partial charge on any atom is 0.222 e. The first-order chi connectivity index (χ1) is 7.76. The summed E-state index contributed by atoms with van der Waals surface area (Å²) in [6, 6.07) is 0. The second-order valence-electron chi connectivity index (χ2n) is 5.46. The highest BCUT2D eigenvalue weighted by molar-refractivity contribution is 5.11. The molecule has 1 N–H and O–H groups in total. The van der Waals surface area contributed by atoms with Crippen LogP contribution in [0.2, 0.25) is 0 Å². The molecule has 0 amide bonds. The van der Waals surface area contributed by atoms with Crippen molar-refractivity contribution in [3.05, 3.63) is 11.8 Å². The molecule has 2 heterocycles. The van der Waals surface area contributed by atoms with Crippen molar-refractivity contribution in [3.63, 3.8) is 0 Å². The zero-order valence-corrected chi connectivity index (χ0v) is 9.83. The lowest BCUT2D eigenvalue weighted by molar-refractivity contribution is 0.330. The minimum atomic E-state index is 0.208. The SMILES string of the molecule is CC1(c2nnc(CC3CCNCC3)o2)CC1. The maximum absolute atomic E-state index is 5.77. The van der Waals surface area contributed by atoms with Gasteiger partial charge in [0.05, 0.1) is 0 Å². The Kier molecular flexibility index (Phi) is 2.46. The minimum Gasteiger partial charge on any atom is -0.425 e. The number of piperidine rings is 1. The van der Waals surface area contributed by atoms with Gasteiger partial charge in [0.2, 0.25) is 11.8 Å². The molecule has 16 heavy (non-hydrogen) atoms. The summed E-state index contributed by atoms with van der Waals surface area (Å²) in [5.41, 5.74) is 0.208. The summed E-state index contributed by atoms with van der Waals surface area (Å²) in [6.45, 7) is 4.46. The maximum atomic E-state index is 5.77. The smallest absolute Gasteiger partial charge is 0.222 e. The molecule has 2 fully saturated rings. The van der Waals surface area contributed by atoms with Crippen molar-refractivity contribution in [2.24, 2.45) is 5.92 Å². The average molecular weight is 221 g/mol. The van der Waals surface area contributed by atoms with Gasteiger partial charge in [-0.25, -0.2) is 0 Å². The van der Waals surface area contributed by atoms with Crippen molar-refractivity contribution in [2.75, 3.05) is 13.1 Å². The topological polar surface area (TPSA) is 51.0 Å². The third kappa shape index (κ3) is 1.98. The van der Waals surface area contributed by atoms with Crippen LogP contribution in [0.25, 0.3) is 0 Å². The Bertz CT molecular complexity index is 364. The van der Waals surface area contributed by atoms with Gasteiger partial charge in [0.1, 0.15) is 0 Å². The molecule has 1 aliphatic heterocycles. The molecule has 1 saturated heterocycles. The zero-order valence-electron chi connectivity index (χ0n) is 9.83. The first kappa shape index (κ1) is 10.3. The van der Waals surface area contributed by atoms with E-state index in [1.807, 2.05) is 0 Å². The molecule has 0 spiro atoms. The summed E-state index contributed by atoms with van der Waals surface area (Å²) in [7, 11) is 0. The molecule has 0 aromatic carbocycles. The van der Waals surface area contributed by atoms with E-state index in [2.05, 4.69) is 22.4 Å². The predicted molar refractivity (Wildman–Crippen MR) is 60.2 cm³/mol. The van der Waals surface area contributed by atoms with Crippen LogP contribution >= 0.6 is 0 Å². The van der Waals surface area contributed by atoms with Gasteiger partial charge < -0.3 is 9.73 Å². The molecule has 1 aromatic rings. The quantitative estimate of drug-likeness (QED) is 0.843. The molecule has 3 rings (SSSR count). The second kappa shape index (κ2) is 3.84. The van der Waals surface area contributed by atoms with Crippen LogP contribution in [-0.2, 0) is 11.8 Å². The summed E-state index contributed by atoms with van der Waals surface area (Å²) >= 11 is 0. The van der Waals surface area contributed by atoms with E-state index in [0.717, 1.165) is 37.2 Å². The van der Waals surface area contributed by atoms with E-state index in [9.17, 15) is 0 Å². The molecule has 1 saturated carbocycles. The summed E-state index contributed by atoms with van der Waals surface area (Å²) in [6.07, 6.45) is 5.82. The van der Waals surface area contributed by atoms with E-state index in [4.69, 9.17) is 4.42 Å². The number of nitrogens with zero attached hydrogens (tertiary/aromatic N) is 2. The van der Waals surface area contributed by atoms with Crippen LogP contribution in [-0.4, -0.2) is 23.3 Å². The molecule has 0 atom stereocenters. The highest BCUT2D eigenvalue weighted by Gasteiger charge is 2.44. The lowest BCUT2D eigenvalue weighted by Crippen LogP contribution is -2.28. The van der Waals surface area contributed by atoms with Crippen molar-refractivity contribution in [1.82, 2.24) is 15.5 Å². The molecule has 2 aliphatic rings. The van der Waals surface area contributed by atoms with Gasteiger partial charge in [-0.2, -0.15) is 0 Å². The van der Waals surface area contributed by atoms with Gasteiger partial charge in [-0.15, -0.1) is 10.2 Å². The van der Waals surface area contributed by atoms with Crippen molar-refractivity contribution >= 4 is 0 Å². The number of hydrogen-bond donors (Lipinski definition) is 1. The molecule has 0 unspecified atom stereocenters. The molecular weight excluding hydrogens is 202 g/mol. The Morgan fingerprint density at radius 1 is 1.31 bits per heavy atom. The standard InChI is InChI=1S/C12H19N3O/c1-12(4-5-12)11-15-14-10(16-11)8-9-2-6-13-7-3-9/h9,13H,2-8H2,1H3. The van der Waals surface area contributed by atoms with Crippen LogP contribution in [0.4, 0.5) is 0 Å². The summed E-state index contributed by atoms with van der Waals surface area (Å²) in [5.74, 6) is 2.42. The van der Waals surface area contributed by atoms with E-state index in [0.29, 0.717) is 0 Å². The molecule has 0 bridgehead atoms. The highest BCUT2D eigenvalue weighted by Crippen LogP contribution is 2.46. The predicted octanol–water partition coefficient (Wildman–Crippen LogP) is 1.66. The second-order valence-corrected chi connectivity index (χ2v) is 5.46.